The highest BCUT2D eigenvalue weighted by atomic mass is 35.5. The third-order valence-corrected chi connectivity index (χ3v) is 3.14. The van der Waals surface area contributed by atoms with Crippen molar-refractivity contribution in [2.24, 2.45) is 0 Å². The van der Waals surface area contributed by atoms with Crippen LogP contribution in [-0.2, 0) is 17.9 Å². The lowest BCUT2D eigenvalue weighted by atomic mass is 10.2. The zero-order valence-corrected chi connectivity index (χ0v) is 11.5. The van der Waals surface area contributed by atoms with Gasteiger partial charge in [-0.05, 0) is 5.56 Å². The third kappa shape index (κ3) is 3.58. The molecule has 0 bridgehead atoms. The number of hydrogen-bond acceptors (Lipinski definition) is 2. The molecule has 0 unspecified atom stereocenters. The van der Waals surface area contributed by atoms with Crippen LogP contribution in [0.4, 0.5) is 0 Å². The summed E-state index contributed by atoms with van der Waals surface area (Å²) in [6.07, 6.45) is 3.67. The summed E-state index contributed by atoms with van der Waals surface area (Å²) in [5.74, 6) is 0.747. The molecule has 0 saturated heterocycles. The van der Waals surface area contributed by atoms with E-state index in [2.05, 4.69) is 17.1 Å². The molecule has 0 radical (unpaired) electrons. The van der Waals surface area contributed by atoms with Crippen molar-refractivity contribution in [3.05, 3.63) is 54.1 Å². The summed E-state index contributed by atoms with van der Waals surface area (Å²) in [5.41, 5.74) is 1.20. The first-order valence-corrected chi connectivity index (χ1v) is 6.58. The highest BCUT2D eigenvalue weighted by molar-refractivity contribution is 6.27. The Labute approximate surface area is 117 Å². The molecular weight excluding hydrogens is 262 g/mol. The van der Waals surface area contributed by atoms with Gasteiger partial charge in [0.05, 0.1) is 6.54 Å². The molecule has 19 heavy (non-hydrogen) atoms. The predicted octanol–water partition coefficient (Wildman–Crippen LogP) is 2.13. The van der Waals surface area contributed by atoms with Crippen LogP contribution in [-0.4, -0.2) is 33.3 Å². The number of hydrogen-bond donors (Lipinski definition) is 0. The molecule has 1 amide bonds. The highest BCUT2D eigenvalue weighted by Gasteiger charge is 2.11. The molecule has 0 spiro atoms. The molecule has 0 aliphatic carbocycles. The van der Waals surface area contributed by atoms with E-state index < -0.39 is 0 Å². The van der Waals surface area contributed by atoms with Gasteiger partial charge in [0.15, 0.2) is 0 Å². The lowest BCUT2D eigenvalue weighted by molar-refractivity contribution is -0.127. The Morgan fingerprint density at radius 3 is 2.79 bits per heavy atom. The topological polar surface area (TPSA) is 38.1 Å². The predicted molar refractivity (Wildman–Crippen MR) is 75.0 cm³/mol. The van der Waals surface area contributed by atoms with E-state index in [0.717, 1.165) is 12.4 Å². The van der Waals surface area contributed by atoms with Crippen LogP contribution in [0.25, 0.3) is 0 Å². The van der Waals surface area contributed by atoms with E-state index in [0.29, 0.717) is 6.54 Å². The van der Waals surface area contributed by atoms with Crippen LogP contribution >= 0.6 is 11.6 Å². The van der Waals surface area contributed by atoms with Gasteiger partial charge in [-0.3, -0.25) is 4.79 Å². The van der Waals surface area contributed by atoms with E-state index in [9.17, 15) is 4.79 Å². The Morgan fingerprint density at radius 1 is 1.37 bits per heavy atom. The number of carbonyl (C=O) groups excluding carboxylic acids is 1. The number of halogens is 1. The van der Waals surface area contributed by atoms with Crippen molar-refractivity contribution >= 4 is 17.5 Å². The van der Waals surface area contributed by atoms with E-state index in [-0.39, 0.29) is 11.8 Å². The maximum atomic E-state index is 11.5. The summed E-state index contributed by atoms with van der Waals surface area (Å²) in [6, 6.07) is 10.1. The van der Waals surface area contributed by atoms with Crippen LogP contribution in [0.2, 0.25) is 0 Å². The number of benzene rings is 1. The van der Waals surface area contributed by atoms with Crippen LogP contribution in [0.15, 0.2) is 42.7 Å². The smallest absolute Gasteiger partial charge is 0.237 e. The largest absolute Gasteiger partial charge is 0.337 e. The van der Waals surface area contributed by atoms with E-state index >= 15 is 0 Å². The molecule has 0 saturated carbocycles. The number of nitrogens with zero attached hydrogens (tertiary/aromatic N) is 3. The molecular formula is C14H16ClN3O. The Morgan fingerprint density at radius 2 is 2.11 bits per heavy atom. The molecule has 0 aliphatic heterocycles. The molecule has 1 aromatic heterocycles. The quantitative estimate of drug-likeness (QED) is 0.785. The standard InChI is InChI=1S/C14H16ClN3O/c1-17(14(19)9-15)11-13-16-7-8-18(13)10-12-5-3-2-4-6-12/h2-8H,9-11H2,1H3. The van der Waals surface area contributed by atoms with Gasteiger partial charge in [0.2, 0.25) is 5.91 Å². The molecule has 2 rings (SSSR count). The van der Waals surface area contributed by atoms with Gasteiger partial charge >= 0.3 is 0 Å². The average molecular weight is 278 g/mol. The second-order valence-electron chi connectivity index (χ2n) is 4.34. The molecule has 0 aliphatic rings. The minimum absolute atomic E-state index is 0.00407. The molecule has 5 heteroatoms. The monoisotopic (exact) mass is 277 g/mol. The number of amides is 1. The van der Waals surface area contributed by atoms with Gasteiger partial charge in [-0.2, -0.15) is 0 Å². The lowest BCUT2D eigenvalue weighted by Crippen LogP contribution is -2.28. The molecule has 1 aromatic carbocycles. The van der Waals surface area contributed by atoms with Crippen molar-refractivity contribution in [2.75, 3.05) is 12.9 Å². The second-order valence-corrected chi connectivity index (χ2v) is 4.61. The number of rotatable bonds is 5. The molecule has 100 valence electrons. The van der Waals surface area contributed by atoms with Gasteiger partial charge in [-0.1, -0.05) is 30.3 Å². The Hall–Kier alpha value is -1.81. The molecule has 0 atom stereocenters. The van der Waals surface area contributed by atoms with E-state index in [1.807, 2.05) is 29.0 Å². The summed E-state index contributed by atoms with van der Waals surface area (Å²) in [4.78, 5) is 17.3. The van der Waals surface area contributed by atoms with Crippen molar-refractivity contribution in [2.45, 2.75) is 13.1 Å². The minimum Gasteiger partial charge on any atom is -0.337 e. The van der Waals surface area contributed by atoms with Gasteiger partial charge < -0.3 is 9.47 Å². The summed E-state index contributed by atoms with van der Waals surface area (Å²) in [5, 5.41) is 0. The van der Waals surface area contributed by atoms with Gasteiger partial charge in [-0.15, -0.1) is 11.6 Å². The Bertz CT molecular complexity index is 539. The number of aromatic nitrogens is 2. The maximum Gasteiger partial charge on any atom is 0.237 e. The SMILES string of the molecule is CN(Cc1nccn1Cc1ccccc1)C(=O)CCl. The average Bonchev–Trinajstić information content (AvgIpc) is 2.86. The van der Waals surface area contributed by atoms with Crippen LogP contribution < -0.4 is 0 Å². The van der Waals surface area contributed by atoms with Crippen molar-refractivity contribution in [1.82, 2.24) is 14.5 Å². The summed E-state index contributed by atoms with van der Waals surface area (Å²) in [7, 11) is 1.73. The van der Waals surface area contributed by atoms with Crippen LogP contribution in [0, 0.1) is 0 Å². The zero-order valence-electron chi connectivity index (χ0n) is 10.8. The van der Waals surface area contributed by atoms with E-state index in [1.165, 1.54) is 5.56 Å². The zero-order chi connectivity index (χ0) is 13.7. The molecule has 1 heterocycles. The third-order valence-electron chi connectivity index (χ3n) is 2.92. The molecule has 0 N–H and O–H groups in total. The van der Waals surface area contributed by atoms with Crippen LogP contribution in [0.3, 0.4) is 0 Å². The maximum absolute atomic E-state index is 11.5. The second kappa shape index (κ2) is 6.38. The van der Waals surface area contributed by atoms with Gasteiger partial charge in [0.1, 0.15) is 11.7 Å². The first-order chi connectivity index (χ1) is 9.20. The van der Waals surface area contributed by atoms with Gasteiger partial charge in [0, 0.05) is 26.0 Å². The fourth-order valence-corrected chi connectivity index (χ4v) is 2.02. The molecule has 2 aromatic rings. The molecule has 4 nitrogen and oxygen atoms in total. The van der Waals surface area contributed by atoms with Crippen molar-refractivity contribution < 1.29 is 4.79 Å². The van der Waals surface area contributed by atoms with Gasteiger partial charge in [-0.25, -0.2) is 4.98 Å². The number of alkyl halides is 1. The summed E-state index contributed by atoms with van der Waals surface area (Å²) < 4.78 is 2.04. The summed E-state index contributed by atoms with van der Waals surface area (Å²) >= 11 is 5.54. The van der Waals surface area contributed by atoms with Crippen LogP contribution in [0.1, 0.15) is 11.4 Å². The van der Waals surface area contributed by atoms with Crippen molar-refractivity contribution in [3.63, 3.8) is 0 Å². The summed E-state index contributed by atoms with van der Waals surface area (Å²) in [6.45, 7) is 1.21. The Kier molecular flexibility index (Phi) is 4.58. The van der Waals surface area contributed by atoms with E-state index in [4.69, 9.17) is 11.6 Å². The van der Waals surface area contributed by atoms with Crippen LogP contribution in [0.5, 0.6) is 0 Å². The Balaban J connectivity index is 2.08. The number of imidazole rings is 1. The molecule has 0 fully saturated rings. The number of carbonyl (C=O) groups is 1. The normalized spacial score (nSPS) is 10.4. The fraction of sp³-hybridized carbons (Fsp3) is 0.286. The fourth-order valence-electron chi connectivity index (χ4n) is 1.82. The highest BCUT2D eigenvalue weighted by Crippen LogP contribution is 2.07. The van der Waals surface area contributed by atoms with E-state index in [1.54, 1.807) is 18.1 Å². The first-order valence-electron chi connectivity index (χ1n) is 6.04. The van der Waals surface area contributed by atoms with Crippen molar-refractivity contribution in [1.29, 1.82) is 0 Å². The minimum atomic E-state index is -0.101. The van der Waals surface area contributed by atoms with Gasteiger partial charge in [0.25, 0.3) is 0 Å². The first kappa shape index (κ1) is 13.6. The lowest BCUT2D eigenvalue weighted by Gasteiger charge is -2.16. The van der Waals surface area contributed by atoms with Crippen molar-refractivity contribution in [3.8, 4) is 0 Å².